The highest BCUT2D eigenvalue weighted by molar-refractivity contribution is 6.11. The third-order valence-electron chi connectivity index (χ3n) is 6.45. The van der Waals surface area contributed by atoms with Crippen LogP contribution in [0.4, 0.5) is 0 Å². The lowest BCUT2D eigenvalue weighted by atomic mass is 9.69. The fraction of sp³-hybridized carbons (Fsp3) is 0.542. The molecule has 1 aromatic carbocycles. The number of Topliss-reactive ketones (excluding diaryl/α,β-unsaturated/α-hetero) is 1. The molecule has 0 amide bonds. The molecule has 1 unspecified atom stereocenters. The van der Waals surface area contributed by atoms with E-state index in [1.165, 1.54) is 5.56 Å². The van der Waals surface area contributed by atoms with Crippen molar-refractivity contribution in [2.45, 2.75) is 77.2 Å². The van der Waals surface area contributed by atoms with Gasteiger partial charge in [-0.15, -0.1) is 0 Å². The van der Waals surface area contributed by atoms with Crippen LogP contribution in [-0.2, 0) is 20.7 Å². The van der Waals surface area contributed by atoms with Crippen molar-refractivity contribution in [3.8, 4) is 0 Å². The summed E-state index contributed by atoms with van der Waals surface area (Å²) in [7, 11) is 0. The lowest BCUT2D eigenvalue weighted by Gasteiger charge is -2.36. The van der Waals surface area contributed by atoms with E-state index in [0.29, 0.717) is 17.7 Å². The average Bonchev–Trinajstić information content (AvgIpc) is 3.20. The smallest absolute Gasteiger partial charge is 0.336 e. The predicted octanol–water partition coefficient (Wildman–Crippen LogP) is 4.92. The van der Waals surface area contributed by atoms with Crippen LogP contribution in [0.5, 0.6) is 0 Å². The largest absolute Gasteiger partial charge is 0.459 e. The number of benzene rings is 1. The van der Waals surface area contributed by atoms with Gasteiger partial charge in [0.2, 0.25) is 0 Å². The number of hydrogen-bond donors (Lipinski definition) is 0. The standard InChI is InChI=1S/C24H29NO3/c1-3-16-11-13-17(14-12-16)22-21(24(27)28-18-7-4-5-8-18)15(2)25-19-9-6-10-20(26)23(19)22/h11-14,18,22-23H,3-10H2,1-2H3/t22-,23?/m1/s1. The van der Waals surface area contributed by atoms with Gasteiger partial charge in [-0.1, -0.05) is 31.2 Å². The van der Waals surface area contributed by atoms with Crippen molar-refractivity contribution in [1.82, 2.24) is 0 Å². The second-order valence-electron chi connectivity index (χ2n) is 8.28. The first-order chi connectivity index (χ1) is 13.6. The summed E-state index contributed by atoms with van der Waals surface area (Å²) >= 11 is 0. The van der Waals surface area contributed by atoms with E-state index in [9.17, 15) is 9.59 Å². The highest BCUT2D eigenvalue weighted by Gasteiger charge is 2.44. The SMILES string of the molecule is CCc1ccc([C@@H]2C(C(=O)OC3CCCC3)=C(C)N=C3CCCC(=O)C32)cc1. The molecular weight excluding hydrogens is 350 g/mol. The summed E-state index contributed by atoms with van der Waals surface area (Å²) < 4.78 is 5.86. The molecule has 4 heteroatoms. The molecule has 4 nitrogen and oxygen atoms in total. The van der Waals surface area contributed by atoms with Gasteiger partial charge < -0.3 is 4.74 Å². The number of fused-ring (bicyclic) bond motifs is 1. The maximum absolute atomic E-state index is 13.2. The number of ketones is 1. The van der Waals surface area contributed by atoms with Crippen LogP contribution < -0.4 is 0 Å². The molecule has 2 fully saturated rings. The zero-order valence-corrected chi connectivity index (χ0v) is 16.9. The Morgan fingerprint density at radius 3 is 2.46 bits per heavy atom. The molecule has 1 aromatic rings. The Kier molecular flexibility index (Phi) is 5.47. The number of rotatable bonds is 4. The summed E-state index contributed by atoms with van der Waals surface area (Å²) in [6.07, 6.45) is 7.32. The van der Waals surface area contributed by atoms with E-state index in [2.05, 4.69) is 31.2 Å². The van der Waals surface area contributed by atoms with Crippen LogP contribution in [0.25, 0.3) is 0 Å². The number of carbonyl (C=O) groups is 2. The van der Waals surface area contributed by atoms with Gasteiger partial charge in [0, 0.05) is 23.7 Å². The van der Waals surface area contributed by atoms with Gasteiger partial charge in [-0.05, 0) is 63.0 Å². The van der Waals surface area contributed by atoms with Crippen LogP contribution >= 0.6 is 0 Å². The molecule has 2 atom stereocenters. The van der Waals surface area contributed by atoms with Crippen molar-refractivity contribution >= 4 is 17.5 Å². The molecule has 0 bridgehead atoms. The zero-order valence-electron chi connectivity index (χ0n) is 16.9. The van der Waals surface area contributed by atoms with Gasteiger partial charge in [0.25, 0.3) is 0 Å². The molecular formula is C24H29NO3. The first-order valence-corrected chi connectivity index (χ1v) is 10.7. The van der Waals surface area contributed by atoms with Gasteiger partial charge in [-0.25, -0.2) is 4.79 Å². The minimum absolute atomic E-state index is 0.00310. The molecule has 2 saturated carbocycles. The average molecular weight is 380 g/mol. The van der Waals surface area contributed by atoms with Crippen molar-refractivity contribution in [2.24, 2.45) is 10.9 Å². The van der Waals surface area contributed by atoms with Gasteiger partial charge in [0.15, 0.2) is 0 Å². The van der Waals surface area contributed by atoms with Crippen LogP contribution in [0.15, 0.2) is 40.5 Å². The molecule has 0 spiro atoms. The highest BCUT2D eigenvalue weighted by atomic mass is 16.5. The summed E-state index contributed by atoms with van der Waals surface area (Å²) in [5.41, 5.74) is 4.51. The minimum Gasteiger partial charge on any atom is -0.459 e. The third-order valence-corrected chi connectivity index (χ3v) is 6.45. The fourth-order valence-electron chi connectivity index (χ4n) is 4.93. The summed E-state index contributed by atoms with van der Waals surface area (Å²) in [4.78, 5) is 30.8. The lowest BCUT2D eigenvalue weighted by Crippen LogP contribution is -2.39. The summed E-state index contributed by atoms with van der Waals surface area (Å²) in [5, 5.41) is 0. The Bertz CT molecular complexity index is 828. The van der Waals surface area contributed by atoms with Gasteiger partial charge in [-0.3, -0.25) is 9.79 Å². The second-order valence-corrected chi connectivity index (χ2v) is 8.28. The van der Waals surface area contributed by atoms with Crippen LogP contribution in [0.1, 0.15) is 75.8 Å². The molecule has 0 N–H and O–H groups in total. The first-order valence-electron chi connectivity index (χ1n) is 10.7. The summed E-state index contributed by atoms with van der Waals surface area (Å²) in [6, 6.07) is 8.35. The van der Waals surface area contributed by atoms with Gasteiger partial charge in [0.1, 0.15) is 11.9 Å². The fourth-order valence-corrected chi connectivity index (χ4v) is 4.93. The number of carbonyl (C=O) groups excluding carboxylic acids is 2. The van der Waals surface area contributed by atoms with Gasteiger partial charge >= 0.3 is 5.97 Å². The molecule has 0 radical (unpaired) electrons. The normalized spacial score (nSPS) is 25.5. The van der Waals surface area contributed by atoms with Crippen molar-refractivity contribution in [3.63, 3.8) is 0 Å². The van der Waals surface area contributed by atoms with Crippen LogP contribution in [0.2, 0.25) is 0 Å². The number of nitrogens with zero attached hydrogens (tertiary/aromatic N) is 1. The van der Waals surface area contributed by atoms with Gasteiger partial charge in [-0.2, -0.15) is 0 Å². The maximum atomic E-state index is 13.2. The number of ether oxygens (including phenoxy) is 1. The molecule has 0 saturated heterocycles. The Morgan fingerprint density at radius 1 is 1.07 bits per heavy atom. The van der Waals surface area contributed by atoms with Crippen LogP contribution in [0, 0.1) is 5.92 Å². The van der Waals surface area contributed by atoms with E-state index in [4.69, 9.17) is 9.73 Å². The van der Waals surface area contributed by atoms with E-state index in [1.807, 2.05) is 6.92 Å². The van der Waals surface area contributed by atoms with Crippen molar-refractivity contribution in [2.75, 3.05) is 0 Å². The number of aryl methyl sites for hydroxylation is 1. The predicted molar refractivity (Wildman–Crippen MR) is 109 cm³/mol. The zero-order chi connectivity index (χ0) is 19.7. The van der Waals surface area contributed by atoms with Crippen LogP contribution in [-0.4, -0.2) is 23.6 Å². The number of hydrogen-bond acceptors (Lipinski definition) is 4. The maximum Gasteiger partial charge on any atom is 0.336 e. The Hall–Kier alpha value is -2.23. The van der Waals surface area contributed by atoms with E-state index in [1.54, 1.807) is 0 Å². The molecule has 1 aliphatic heterocycles. The Balaban J connectivity index is 1.74. The molecule has 148 valence electrons. The topological polar surface area (TPSA) is 55.7 Å². The minimum atomic E-state index is -0.323. The van der Waals surface area contributed by atoms with Crippen molar-refractivity contribution in [3.05, 3.63) is 46.7 Å². The van der Waals surface area contributed by atoms with Crippen LogP contribution in [0.3, 0.4) is 0 Å². The van der Waals surface area contributed by atoms with Crippen molar-refractivity contribution < 1.29 is 14.3 Å². The third kappa shape index (κ3) is 3.57. The van der Waals surface area contributed by atoms with Crippen molar-refractivity contribution in [1.29, 1.82) is 0 Å². The number of esters is 1. The second kappa shape index (κ2) is 8.02. The Morgan fingerprint density at radius 2 is 1.79 bits per heavy atom. The summed E-state index contributed by atoms with van der Waals surface area (Å²) in [5.74, 6) is -0.681. The van der Waals surface area contributed by atoms with E-state index >= 15 is 0 Å². The summed E-state index contributed by atoms with van der Waals surface area (Å²) in [6.45, 7) is 4.01. The molecule has 28 heavy (non-hydrogen) atoms. The quantitative estimate of drug-likeness (QED) is 0.698. The lowest BCUT2D eigenvalue weighted by molar-refractivity contribution is -0.144. The molecule has 3 aliphatic rings. The molecule has 2 aliphatic carbocycles. The molecule has 1 heterocycles. The Labute approximate surface area is 167 Å². The van der Waals surface area contributed by atoms with E-state index < -0.39 is 0 Å². The molecule has 0 aromatic heterocycles. The highest BCUT2D eigenvalue weighted by Crippen LogP contribution is 2.43. The number of aliphatic imine (C=N–C) groups is 1. The monoisotopic (exact) mass is 379 g/mol. The molecule has 4 rings (SSSR count). The first kappa shape index (κ1) is 19.1. The number of allylic oxidation sites excluding steroid dienone is 1. The van der Waals surface area contributed by atoms with Gasteiger partial charge in [0.05, 0.1) is 11.5 Å². The van der Waals surface area contributed by atoms with E-state index in [-0.39, 0.29) is 29.7 Å². The van der Waals surface area contributed by atoms with E-state index in [0.717, 1.165) is 56.2 Å².